The van der Waals surface area contributed by atoms with Gasteiger partial charge in [0.05, 0.1) is 12.7 Å². The lowest BCUT2D eigenvalue weighted by Crippen LogP contribution is -2.47. The van der Waals surface area contributed by atoms with Crippen molar-refractivity contribution in [3.05, 3.63) is 0 Å². The number of morpholine rings is 1. The maximum Gasteiger partial charge on any atom is 0.0674 e. The van der Waals surface area contributed by atoms with E-state index in [0.717, 1.165) is 26.2 Å². The van der Waals surface area contributed by atoms with Gasteiger partial charge >= 0.3 is 0 Å². The number of ether oxygens (including phenoxy) is 1. The molecule has 0 saturated carbocycles. The zero-order chi connectivity index (χ0) is 10.4. The van der Waals surface area contributed by atoms with Crippen LogP contribution in [0, 0.1) is 0 Å². The second-order valence-corrected chi connectivity index (χ2v) is 4.20. The van der Waals surface area contributed by atoms with E-state index >= 15 is 0 Å². The molecular weight excluding hydrogens is 176 g/mol. The smallest absolute Gasteiger partial charge is 0.0674 e. The summed E-state index contributed by atoms with van der Waals surface area (Å²) in [5.74, 6) is 0. The van der Waals surface area contributed by atoms with Crippen LogP contribution in [-0.4, -0.2) is 49.8 Å². The third-order valence-electron chi connectivity index (χ3n) is 2.79. The number of hydrogen-bond donors (Lipinski definition) is 1. The van der Waals surface area contributed by atoms with Crippen molar-refractivity contribution in [3.8, 4) is 0 Å². The molecule has 0 aromatic carbocycles. The van der Waals surface area contributed by atoms with Crippen LogP contribution in [0.25, 0.3) is 0 Å². The minimum absolute atomic E-state index is 0.408. The summed E-state index contributed by atoms with van der Waals surface area (Å²) in [6, 6.07) is 0.591. The van der Waals surface area contributed by atoms with Gasteiger partial charge in [-0.1, -0.05) is 6.92 Å². The number of rotatable bonds is 5. The van der Waals surface area contributed by atoms with Crippen LogP contribution in [0.3, 0.4) is 0 Å². The predicted molar refractivity (Wildman–Crippen MR) is 59.6 cm³/mol. The molecule has 2 atom stereocenters. The minimum atomic E-state index is 0.408. The normalized spacial score (nSPS) is 29.4. The Morgan fingerprint density at radius 3 is 2.93 bits per heavy atom. The number of nitrogens with one attached hydrogen (secondary N) is 1. The standard InChI is InChI=1S/C11H24N2O/c1-4-12-6-5-7-13-8-11(3)14-9-10(13)2/h10-12H,4-9H2,1-3H3. The molecule has 0 bridgehead atoms. The van der Waals surface area contributed by atoms with Gasteiger partial charge in [-0.15, -0.1) is 0 Å². The van der Waals surface area contributed by atoms with E-state index in [4.69, 9.17) is 4.74 Å². The highest BCUT2D eigenvalue weighted by Crippen LogP contribution is 2.11. The number of nitrogens with zero attached hydrogens (tertiary/aromatic N) is 1. The Balaban J connectivity index is 2.14. The van der Waals surface area contributed by atoms with Gasteiger partial charge in [0, 0.05) is 12.6 Å². The Bertz CT molecular complexity index is 152. The summed E-state index contributed by atoms with van der Waals surface area (Å²) in [6.45, 7) is 11.9. The maximum atomic E-state index is 5.59. The van der Waals surface area contributed by atoms with E-state index in [1.54, 1.807) is 0 Å². The molecule has 1 aliphatic heterocycles. The average molecular weight is 200 g/mol. The Kier molecular flexibility index (Phi) is 5.45. The van der Waals surface area contributed by atoms with E-state index < -0.39 is 0 Å². The molecule has 1 fully saturated rings. The molecule has 3 nitrogen and oxygen atoms in total. The zero-order valence-electron chi connectivity index (χ0n) is 9.75. The Morgan fingerprint density at radius 2 is 2.21 bits per heavy atom. The third-order valence-corrected chi connectivity index (χ3v) is 2.79. The largest absolute Gasteiger partial charge is 0.376 e. The molecule has 1 rings (SSSR count). The third kappa shape index (κ3) is 3.95. The van der Waals surface area contributed by atoms with Crippen LogP contribution in [-0.2, 0) is 4.74 Å². The monoisotopic (exact) mass is 200 g/mol. The van der Waals surface area contributed by atoms with Gasteiger partial charge in [0.2, 0.25) is 0 Å². The molecule has 1 saturated heterocycles. The van der Waals surface area contributed by atoms with Gasteiger partial charge in [0.1, 0.15) is 0 Å². The fourth-order valence-corrected chi connectivity index (χ4v) is 1.87. The average Bonchev–Trinajstić information content (AvgIpc) is 2.18. The summed E-state index contributed by atoms with van der Waals surface area (Å²) >= 11 is 0. The highest BCUT2D eigenvalue weighted by atomic mass is 16.5. The topological polar surface area (TPSA) is 24.5 Å². The van der Waals surface area contributed by atoms with Crippen molar-refractivity contribution in [1.29, 1.82) is 0 Å². The Labute approximate surface area is 87.8 Å². The summed E-state index contributed by atoms with van der Waals surface area (Å²) in [6.07, 6.45) is 1.65. The minimum Gasteiger partial charge on any atom is -0.376 e. The van der Waals surface area contributed by atoms with Gasteiger partial charge < -0.3 is 10.1 Å². The molecule has 2 unspecified atom stereocenters. The molecule has 0 amide bonds. The van der Waals surface area contributed by atoms with Crippen molar-refractivity contribution in [3.63, 3.8) is 0 Å². The molecule has 1 N–H and O–H groups in total. The van der Waals surface area contributed by atoms with E-state index in [-0.39, 0.29) is 0 Å². The van der Waals surface area contributed by atoms with Crippen molar-refractivity contribution in [2.45, 2.75) is 39.3 Å². The molecule has 3 heteroatoms. The van der Waals surface area contributed by atoms with Crippen molar-refractivity contribution >= 4 is 0 Å². The van der Waals surface area contributed by atoms with Gasteiger partial charge in [-0.25, -0.2) is 0 Å². The zero-order valence-corrected chi connectivity index (χ0v) is 9.75. The van der Waals surface area contributed by atoms with Gasteiger partial charge in [-0.3, -0.25) is 4.90 Å². The molecule has 0 aromatic rings. The van der Waals surface area contributed by atoms with E-state index in [2.05, 4.69) is 31.0 Å². The molecule has 1 heterocycles. The molecule has 14 heavy (non-hydrogen) atoms. The summed E-state index contributed by atoms with van der Waals surface area (Å²) in [5, 5.41) is 3.36. The van der Waals surface area contributed by atoms with Crippen LogP contribution >= 0.6 is 0 Å². The lowest BCUT2D eigenvalue weighted by Gasteiger charge is -2.36. The quantitative estimate of drug-likeness (QED) is 0.673. The van der Waals surface area contributed by atoms with Crippen LogP contribution in [0.1, 0.15) is 27.2 Å². The SMILES string of the molecule is CCNCCCN1CC(C)OCC1C. The van der Waals surface area contributed by atoms with Crippen molar-refractivity contribution in [2.75, 3.05) is 32.8 Å². The van der Waals surface area contributed by atoms with Gasteiger partial charge in [-0.2, -0.15) is 0 Å². The molecule has 1 aliphatic rings. The molecule has 0 aromatic heterocycles. The Morgan fingerprint density at radius 1 is 1.43 bits per heavy atom. The fourth-order valence-electron chi connectivity index (χ4n) is 1.87. The van der Waals surface area contributed by atoms with Crippen molar-refractivity contribution < 1.29 is 4.74 Å². The van der Waals surface area contributed by atoms with E-state index in [9.17, 15) is 0 Å². The first kappa shape index (κ1) is 12.0. The summed E-state index contributed by atoms with van der Waals surface area (Å²) in [5.41, 5.74) is 0. The summed E-state index contributed by atoms with van der Waals surface area (Å²) < 4.78 is 5.59. The second-order valence-electron chi connectivity index (χ2n) is 4.20. The first-order valence-electron chi connectivity index (χ1n) is 5.80. The van der Waals surface area contributed by atoms with Crippen molar-refractivity contribution in [1.82, 2.24) is 10.2 Å². The van der Waals surface area contributed by atoms with E-state index in [1.807, 2.05) is 0 Å². The highest BCUT2D eigenvalue weighted by molar-refractivity contribution is 4.75. The van der Waals surface area contributed by atoms with Gasteiger partial charge in [0.25, 0.3) is 0 Å². The predicted octanol–water partition coefficient (Wildman–Crippen LogP) is 1.10. The summed E-state index contributed by atoms with van der Waals surface area (Å²) in [4.78, 5) is 2.53. The fraction of sp³-hybridized carbons (Fsp3) is 1.00. The highest BCUT2D eigenvalue weighted by Gasteiger charge is 2.22. The Hall–Kier alpha value is -0.120. The van der Waals surface area contributed by atoms with Crippen LogP contribution in [0.4, 0.5) is 0 Å². The molecule has 0 spiro atoms. The van der Waals surface area contributed by atoms with Crippen molar-refractivity contribution in [2.24, 2.45) is 0 Å². The molecule has 0 aliphatic carbocycles. The lowest BCUT2D eigenvalue weighted by molar-refractivity contribution is -0.0494. The second kappa shape index (κ2) is 6.38. The first-order valence-corrected chi connectivity index (χ1v) is 5.80. The van der Waals surface area contributed by atoms with Gasteiger partial charge in [0.15, 0.2) is 0 Å². The van der Waals surface area contributed by atoms with E-state index in [0.29, 0.717) is 12.1 Å². The van der Waals surface area contributed by atoms with Crippen LogP contribution < -0.4 is 5.32 Å². The van der Waals surface area contributed by atoms with Crippen LogP contribution in [0.5, 0.6) is 0 Å². The summed E-state index contributed by atoms with van der Waals surface area (Å²) in [7, 11) is 0. The molecule has 84 valence electrons. The van der Waals surface area contributed by atoms with Crippen LogP contribution in [0.2, 0.25) is 0 Å². The molecule has 0 radical (unpaired) electrons. The molecular formula is C11H24N2O. The number of hydrogen-bond acceptors (Lipinski definition) is 3. The van der Waals surface area contributed by atoms with Gasteiger partial charge in [-0.05, 0) is 39.9 Å². The van der Waals surface area contributed by atoms with Crippen LogP contribution in [0.15, 0.2) is 0 Å². The maximum absolute atomic E-state index is 5.59. The van der Waals surface area contributed by atoms with E-state index in [1.165, 1.54) is 13.0 Å². The lowest BCUT2D eigenvalue weighted by atomic mass is 10.2. The first-order chi connectivity index (χ1) is 6.74.